The minimum atomic E-state index is -2.27. The minimum Gasteiger partial charge on any atom is -0.463 e. The van der Waals surface area contributed by atoms with Crippen molar-refractivity contribution in [1.29, 1.82) is 0 Å². The highest BCUT2D eigenvalue weighted by molar-refractivity contribution is 5.75. The number of carbonyl (C=O) groups is 5. The lowest BCUT2D eigenvalue weighted by Gasteiger charge is -2.50. The fourth-order valence-electron chi connectivity index (χ4n) is 2.74. The van der Waals surface area contributed by atoms with E-state index in [1.807, 2.05) is 0 Å². The van der Waals surface area contributed by atoms with Gasteiger partial charge in [-0.2, -0.15) is 0 Å². The Labute approximate surface area is 160 Å². The summed E-state index contributed by atoms with van der Waals surface area (Å²) >= 11 is 0. The first kappa shape index (κ1) is 23.3. The second kappa shape index (κ2) is 9.46. The Morgan fingerprint density at radius 3 is 1.93 bits per heavy atom. The van der Waals surface area contributed by atoms with Crippen LogP contribution in [0.3, 0.4) is 0 Å². The molecule has 0 aromatic carbocycles. The van der Waals surface area contributed by atoms with Gasteiger partial charge in [0, 0.05) is 34.6 Å². The molecule has 1 heterocycles. The van der Waals surface area contributed by atoms with Crippen LogP contribution in [0.2, 0.25) is 0 Å². The molecule has 1 amide bonds. The Hall–Kier alpha value is -2.73. The molecule has 0 unspecified atom stereocenters. The molecule has 5 atom stereocenters. The summed E-state index contributed by atoms with van der Waals surface area (Å²) < 4.78 is 25.5. The zero-order chi connectivity index (χ0) is 21.6. The first-order chi connectivity index (χ1) is 12.9. The van der Waals surface area contributed by atoms with Crippen LogP contribution >= 0.6 is 0 Å². The summed E-state index contributed by atoms with van der Waals surface area (Å²) in [7, 11) is 0. The van der Waals surface area contributed by atoms with E-state index in [1.165, 1.54) is 0 Å². The molecule has 12 heteroatoms. The number of carbonyl (C=O) groups excluding carboxylic acids is 5. The summed E-state index contributed by atoms with van der Waals surface area (Å²) in [4.78, 5) is 57.9. The van der Waals surface area contributed by atoms with E-state index in [0.717, 1.165) is 34.6 Å². The van der Waals surface area contributed by atoms with Crippen LogP contribution in [0.5, 0.6) is 0 Å². The van der Waals surface area contributed by atoms with E-state index in [9.17, 15) is 29.1 Å². The van der Waals surface area contributed by atoms with Gasteiger partial charge in [-0.15, -0.1) is 0 Å². The number of hydrogen-bond acceptors (Lipinski definition) is 11. The standard InChI is InChI=1S/C16H23NO11/c1-7(18)17-16(28-11(5)22)12(6-24-8(2)19)27-15(23)13(25-9(3)20)14(16)26-10(4)21/h12-15,23H,6H2,1-5H3,(H,17,18)/t12-,13-,14-,15+,16-/m1/s1. The molecule has 0 aliphatic carbocycles. The fourth-order valence-corrected chi connectivity index (χ4v) is 2.74. The summed E-state index contributed by atoms with van der Waals surface area (Å²) in [5.74, 6) is -4.18. The molecule has 1 saturated heterocycles. The Morgan fingerprint density at radius 2 is 1.50 bits per heavy atom. The molecule has 1 rings (SSSR count). The van der Waals surface area contributed by atoms with Crippen LogP contribution in [-0.2, 0) is 47.7 Å². The minimum absolute atomic E-state index is 0.593. The average Bonchev–Trinajstić information content (AvgIpc) is 2.50. The Morgan fingerprint density at radius 1 is 0.929 bits per heavy atom. The van der Waals surface area contributed by atoms with Crippen LogP contribution in [0.25, 0.3) is 0 Å². The average molecular weight is 405 g/mol. The van der Waals surface area contributed by atoms with Gasteiger partial charge in [0.2, 0.25) is 12.0 Å². The maximum atomic E-state index is 11.8. The van der Waals surface area contributed by atoms with E-state index in [1.54, 1.807) is 0 Å². The van der Waals surface area contributed by atoms with E-state index in [2.05, 4.69) is 5.32 Å². The van der Waals surface area contributed by atoms with Gasteiger partial charge in [-0.3, -0.25) is 24.0 Å². The van der Waals surface area contributed by atoms with Gasteiger partial charge in [0.1, 0.15) is 6.61 Å². The van der Waals surface area contributed by atoms with Gasteiger partial charge in [-0.1, -0.05) is 0 Å². The molecule has 0 saturated carbocycles. The van der Waals surface area contributed by atoms with Crippen molar-refractivity contribution in [2.75, 3.05) is 6.61 Å². The molecule has 1 fully saturated rings. The molecule has 1 aliphatic heterocycles. The zero-order valence-corrected chi connectivity index (χ0v) is 16.0. The Kier molecular flexibility index (Phi) is 7.88. The monoisotopic (exact) mass is 405 g/mol. The lowest BCUT2D eigenvalue weighted by molar-refractivity contribution is -0.332. The molecule has 2 N–H and O–H groups in total. The van der Waals surface area contributed by atoms with Crippen LogP contribution in [0, 0.1) is 0 Å². The molecule has 1 aliphatic rings. The molecule has 0 aromatic rings. The molecule has 158 valence electrons. The van der Waals surface area contributed by atoms with Crippen LogP contribution in [0.4, 0.5) is 0 Å². The lowest BCUT2D eigenvalue weighted by Crippen LogP contribution is -2.76. The van der Waals surface area contributed by atoms with Crippen LogP contribution in [0.15, 0.2) is 0 Å². The van der Waals surface area contributed by atoms with Crippen molar-refractivity contribution in [2.45, 2.75) is 64.9 Å². The smallest absolute Gasteiger partial charge is 0.304 e. The van der Waals surface area contributed by atoms with E-state index < -0.39 is 66.7 Å². The van der Waals surface area contributed by atoms with Crippen molar-refractivity contribution >= 4 is 29.8 Å². The summed E-state index contributed by atoms with van der Waals surface area (Å²) in [5, 5.41) is 12.6. The second-order valence-corrected chi connectivity index (χ2v) is 5.99. The van der Waals surface area contributed by atoms with Gasteiger partial charge >= 0.3 is 23.9 Å². The summed E-state index contributed by atoms with van der Waals surface area (Å²) in [6.07, 6.45) is -6.74. The van der Waals surface area contributed by atoms with Crippen molar-refractivity contribution in [3.63, 3.8) is 0 Å². The fraction of sp³-hybridized carbons (Fsp3) is 0.688. The normalized spacial score (nSPS) is 29.2. The van der Waals surface area contributed by atoms with E-state index in [0.29, 0.717) is 0 Å². The van der Waals surface area contributed by atoms with Crippen molar-refractivity contribution in [1.82, 2.24) is 5.32 Å². The van der Waals surface area contributed by atoms with Gasteiger partial charge in [0.05, 0.1) is 0 Å². The maximum Gasteiger partial charge on any atom is 0.304 e. The van der Waals surface area contributed by atoms with Gasteiger partial charge in [-0.25, -0.2) is 0 Å². The number of esters is 4. The van der Waals surface area contributed by atoms with Gasteiger partial charge in [0.25, 0.3) is 5.72 Å². The second-order valence-electron chi connectivity index (χ2n) is 5.99. The molecular formula is C16H23NO11. The van der Waals surface area contributed by atoms with Gasteiger partial charge < -0.3 is 34.1 Å². The molecule has 0 radical (unpaired) electrons. The van der Waals surface area contributed by atoms with E-state index in [-0.39, 0.29) is 0 Å². The summed E-state index contributed by atoms with van der Waals surface area (Å²) in [6, 6.07) is 0. The first-order valence-corrected chi connectivity index (χ1v) is 8.18. The lowest BCUT2D eigenvalue weighted by atomic mass is 9.90. The largest absolute Gasteiger partial charge is 0.463 e. The van der Waals surface area contributed by atoms with Crippen molar-refractivity contribution in [3.05, 3.63) is 0 Å². The Bertz CT molecular complexity index is 631. The van der Waals surface area contributed by atoms with Crippen LogP contribution < -0.4 is 5.32 Å². The quantitative estimate of drug-likeness (QED) is 0.301. The maximum absolute atomic E-state index is 11.8. The number of aliphatic hydroxyl groups is 1. The molecule has 12 nitrogen and oxygen atoms in total. The van der Waals surface area contributed by atoms with Crippen LogP contribution in [0.1, 0.15) is 34.6 Å². The SMILES string of the molecule is CC(=O)N[C@]1(OC(C)=O)[C@H](OC(C)=O)[C@@H](OC(C)=O)[C@@H](O)O[C@@H]1COC(C)=O. The van der Waals surface area contributed by atoms with Gasteiger partial charge in [-0.05, 0) is 0 Å². The van der Waals surface area contributed by atoms with Crippen LogP contribution in [-0.4, -0.2) is 71.8 Å². The third-order valence-electron chi connectivity index (χ3n) is 3.50. The number of rotatable bonds is 6. The number of ether oxygens (including phenoxy) is 5. The van der Waals surface area contributed by atoms with Gasteiger partial charge in [0.15, 0.2) is 18.5 Å². The topological polar surface area (TPSA) is 164 Å². The van der Waals surface area contributed by atoms with Crippen molar-refractivity contribution < 1.29 is 52.8 Å². The molecular weight excluding hydrogens is 382 g/mol. The molecule has 28 heavy (non-hydrogen) atoms. The van der Waals surface area contributed by atoms with E-state index >= 15 is 0 Å². The number of aliphatic hydroxyl groups excluding tert-OH is 1. The first-order valence-electron chi connectivity index (χ1n) is 8.18. The predicted octanol–water partition coefficient (Wildman–Crippen LogP) is -1.47. The van der Waals surface area contributed by atoms with Crippen molar-refractivity contribution in [3.8, 4) is 0 Å². The predicted molar refractivity (Wildman–Crippen MR) is 86.9 cm³/mol. The number of hydrogen-bond donors (Lipinski definition) is 2. The van der Waals surface area contributed by atoms with Crippen molar-refractivity contribution in [2.24, 2.45) is 0 Å². The molecule has 0 aromatic heterocycles. The number of amides is 1. The summed E-state index contributed by atoms with van der Waals surface area (Å²) in [6.45, 7) is 4.61. The van der Waals surface area contributed by atoms with E-state index in [4.69, 9.17) is 23.7 Å². The third-order valence-corrected chi connectivity index (χ3v) is 3.50. The Balaban J connectivity index is 3.55. The highest BCUT2D eigenvalue weighted by Gasteiger charge is 2.63. The molecule has 0 bridgehead atoms. The highest BCUT2D eigenvalue weighted by atomic mass is 16.7. The molecule has 0 spiro atoms. The zero-order valence-electron chi connectivity index (χ0n) is 16.0. The third kappa shape index (κ3) is 5.89. The summed E-state index contributed by atoms with van der Waals surface area (Å²) in [5.41, 5.74) is -2.27. The number of nitrogens with one attached hydrogen (secondary N) is 1. The highest BCUT2D eigenvalue weighted by Crippen LogP contribution is 2.35.